The van der Waals surface area contributed by atoms with Crippen LogP contribution in [0.4, 0.5) is 5.82 Å². The van der Waals surface area contributed by atoms with E-state index in [-0.39, 0.29) is 71.9 Å². The molecule has 3 aliphatic rings. The van der Waals surface area contributed by atoms with Crippen LogP contribution in [-0.4, -0.2) is 134 Å². The van der Waals surface area contributed by atoms with E-state index in [9.17, 15) is 39.5 Å². The Hall–Kier alpha value is -5.78. The van der Waals surface area contributed by atoms with Crippen molar-refractivity contribution >= 4 is 36.6 Å². The molecular weight excluding hydrogens is 861 g/mol. The minimum absolute atomic E-state index is 0.0659. The fourth-order valence-corrected chi connectivity index (χ4v) is 8.60. The van der Waals surface area contributed by atoms with Crippen LogP contribution in [0.2, 0.25) is 0 Å². The van der Waals surface area contributed by atoms with Crippen LogP contribution in [-0.2, 0) is 38.4 Å². The fourth-order valence-electron chi connectivity index (χ4n) is 7.72. The predicted octanol–water partition coefficient (Wildman–Crippen LogP) is 1.97. The van der Waals surface area contributed by atoms with Crippen molar-refractivity contribution in [2.45, 2.75) is 43.0 Å². The standard InChI is InChI=1S/C41H46N7O15P/c42-36-33-37(45-21-44-36)48(22-46-33)39-35(52)34(51)31(62-39)20-60-64(55,56)47-11-3-13-58-15-17-59-16-14-57-12-2-10-43-38(53)25-4-1-5-28-32(25)40(54)63-41(28)26-8-6-23(49)18-29(26)61-30-19-24(50)7-9-27(30)41/h1,4-9,18-19,21-22,31,34-35,39,49-52H,2-3,10-17,20H2,(H,43,53)(H2,42,44,45)(H2,47,55,56)/t31-,34-,35-,39-/m1/s1. The summed E-state index contributed by atoms with van der Waals surface area (Å²) >= 11 is 0. The smallest absolute Gasteiger partial charge is 0.403 e. The van der Waals surface area contributed by atoms with Crippen LogP contribution < -0.4 is 20.9 Å². The number of rotatable bonds is 20. The number of aromatic hydroxyl groups is 2. The topological polar surface area (TPSA) is 311 Å². The lowest BCUT2D eigenvalue weighted by Gasteiger charge is -2.36. The average molecular weight is 908 g/mol. The van der Waals surface area contributed by atoms with E-state index >= 15 is 0 Å². The number of fused-ring (bicyclic) bond motifs is 7. The second-order valence-corrected chi connectivity index (χ2v) is 16.5. The Morgan fingerprint density at radius 2 is 1.52 bits per heavy atom. The van der Waals surface area contributed by atoms with Crippen molar-refractivity contribution < 1.29 is 72.4 Å². The van der Waals surface area contributed by atoms with E-state index < -0.39 is 56.4 Å². The van der Waals surface area contributed by atoms with E-state index in [0.717, 1.165) is 0 Å². The maximum Gasteiger partial charge on any atom is 0.403 e. The molecule has 2 aromatic heterocycles. The van der Waals surface area contributed by atoms with Gasteiger partial charge in [0.25, 0.3) is 5.91 Å². The number of phenolic OH excluding ortho intramolecular Hbond substituents is 2. The summed E-state index contributed by atoms with van der Waals surface area (Å²) in [5, 5.41) is 46.7. The zero-order chi connectivity index (χ0) is 45.0. The van der Waals surface area contributed by atoms with Gasteiger partial charge in [0.05, 0.1) is 50.5 Å². The van der Waals surface area contributed by atoms with Gasteiger partial charge in [-0.2, -0.15) is 0 Å². The van der Waals surface area contributed by atoms with Crippen LogP contribution >= 0.6 is 7.75 Å². The number of nitrogens with one attached hydrogen (secondary N) is 2. The van der Waals surface area contributed by atoms with Gasteiger partial charge in [-0.3, -0.25) is 13.9 Å². The van der Waals surface area contributed by atoms with E-state index in [2.05, 4.69) is 25.4 Å². The number of aliphatic hydroxyl groups is 2. The first-order valence-electron chi connectivity index (χ1n) is 20.3. The molecule has 3 aromatic carbocycles. The first-order chi connectivity index (χ1) is 30.9. The number of ether oxygens (including phenoxy) is 6. The summed E-state index contributed by atoms with van der Waals surface area (Å²) in [6.45, 7) is 1.65. The molecule has 64 heavy (non-hydrogen) atoms. The number of anilines is 1. The highest BCUT2D eigenvalue weighted by atomic mass is 31.2. The van der Waals surface area contributed by atoms with Crippen LogP contribution in [0.15, 0.2) is 67.3 Å². The van der Waals surface area contributed by atoms with Crippen LogP contribution in [0.3, 0.4) is 0 Å². The molecule has 5 atom stereocenters. The number of aromatic nitrogens is 4. The summed E-state index contributed by atoms with van der Waals surface area (Å²) in [6.07, 6.45) is -1.64. The minimum Gasteiger partial charge on any atom is -0.508 e. The Morgan fingerprint density at radius 1 is 0.859 bits per heavy atom. The molecule has 23 heteroatoms. The largest absolute Gasteiger partial charge is 0.508 e. The van der Waals surface area contributed by atoms with Gasteiger partial charge in [0.1, 0.15) is 53.2 Å². The number of nitrogen functional groups attached to an aromatic ring is 1. The number of benzene rings is 3. The van der Waals surface area contributed by atoms with E-state index in [1.165, 1.54) is 41.5 Å². The van der Waals surface area contributed by atoms with Gasteiger partial charge in [0, 0.05) is 55.1 Å². The Bertz CT molecular complexity index is 2510. The lowest BCUT2D eigenvalue weighted by atomic mass is 9.77. The number of hydrogen-bond donors (Lipinski definition) is 8. The number of amides is 1. The first-order valence-corrected chi connectivity index (χ1v) is 21.9. The van der Waals surface area contributed by atoms with E-state index in [1.54, 1.807) is 30.3 Å². The molecule has 22 nitrogen and oxygen atoms in total. The molecule has 0 aliphatic carbocycles. The third-order valence-corrected chi connectivity index (χ3v) is 11.9. The van der Waals surface area contributed by atoms with Crippen molar-refractivity contribution in [3.63, 3.8) is 0 Å². The number of esters is 1. The van der Waals surface area contributed by atoms with Crippen molar-refractivity contribution in [2.75, 3.05) is 65.1 Å². The third kappa shape index (κ3) is 9.10. The van der Waals surface area contributed by atoms with Crippen LogP contribution in [0.25, 0.3) is 11.2 Å². The Balaban J connectivity index is 0.685. The fraction of sp³-hybridized carbons (Fsp3) is 0.390. The number of hydrogen-bond acceptors (Lipinski definition) is 18. The maximum atomic E-state index is 13.6. The van der Waals surface area contributed by atoms with Gasteiger partial charge in [0.2, 0.25) is 0 Å². The lowest BCUT2D eigenvalue weighted by Crippen LogP contribution is -2.34. The van der Waals surface area contributed by atoms with Crippen LogP contribution in [0.1, 0.15) is 56.5 Å². The minimum atomic E-state index is -4.28. The number of aliphatic hydroxyl groups excluding tert-OH is 2. The summed E-state index contributed by atoms with van der Waals surface area (Å²) in [5.41, 5.74) is 6.47. The summed E-state index contributed by atoms with van der Waals surface area (Å²) in [4.78, 5) is 49.2. The molecule has 0 radical (unpaired) electrons. The molecule has 0 bridgehead atoms. The van der Waals surface area contributed by atoms with E-state index in [1.807, 2.05) is 0 Å². The molecule has 1 unspecified atom stereocenters. The summed E-state index contributed by atoms with van der Waals surface area (Å²) < 4.78 is 53.5. The van der Waals surface area contributed by atoms with Gasteiger partial charge in [-0.05, 0) is 43.2 Å². The highest BCUT2D eigenvalue weighted by molar-refractivity contribution is 7.50. The predicted molar refractivity (Wildman–Crippen MR) is 221 cm³/mol. The molecule has 1 saturated heterocycles. The van der Waals surface area contributed by atoms with E-state index in [0.29, 0.717) is 61.5 Å². The van der Waals surface area contributed by atoms with Crippen LogP contribution in [0.5, 0.6) is 23.0 Å². The Labute approximate surface area is 364 Å². The third-order valence-electron chi connectivity index (χ3n) is 10.7. The number of carbonyl (C=O) groups excluding carboxylic acids is 2. The van der Waals surface area contributed by atoms with Crippen LogP contribution in [0, 0.1) is 0 Å². The molecule has 0 saturated carbocycles. The number of nitrogens with two attached hydrogens (primary N) is 1. The Kier molecular flexibility index (Phi) is 13.4. The van der Waals surface area contributed by atoms with Crippen molar-refractivity contribution in [1.29, 1.82) is 0 Å². The van der Waals surface area contributed by atoms with Gasteiger partial charge in [-0.15, -0.1) is 0 Å². The van der Waals surface area contributed by atoms with Gasteiger partial charge in [-0.25, -0.2) is 29.4 Å². The molecule has 1 fully saturated rings. The molecule has 5 aromatic rings. The highest BCUT2D eigenvalue weighted by Crippen LogP contribution is 2.57. The molecule has 1 spiro atoms. The number of nitrogens with zero attached hydrogens (tertiary/aromatic N) is 4. The van der Waals surface area contributed by atoms with Crippen molar-refractivity contribution in [2.24, 2.45) is 0 Å². The number of phenols is 2. The second kappa shape index (κ2) is 19.1. The normalized spacial score (nSPS) is 20.3. The summed E-state index contributed by atoms with van der Waals surface area (Å²) in [7, 11) is -4.28. The molecule has 9 N–H and O–H groups in total. The van der Waals surface area contributed by atoms with Gasteiger partial charge >= 0.3 is 13.7 Å². The molecule has 1 amide bonds. The number of imidazole rings is 1. The van der Waals surface area contributed by atoms with Gasteiger partial charge < -0.3 is 64.8 Å². The zero-order valence-corrected chi connectivity index (χ0v) is 35.0. The molecular formula is C41H46N7O15P. The molecule has 3 aliphatic heterocycles. The average Bonchev–Trinajstić information content (AvgIpc) is 3.92. The van der Waals surface area contributed by atoms with Gasteiger partial charge in [0.15, 0.2) is 23.3 Å². The number of carbonyl (C=O) groups is 2. The monoisotopic (exact) mass is 907 g/mol. The van der Waals surface area contributed by atoms with Crippen molar-refractivity contribution in [3.05, 3.63) is 95.1 Å². The maximum absolute atomic E-state index is 13.6. The zero-order valence-electron chi connectivity index (χ0n) is 34.1. The lowest BCUT2D eigenvalue weighted by molar-refractivity contribution is -0.0487. The second-order valence-electron chi connectivity index (χ2n) is 14.9. The van der Waals surface area contributed by atoms with Crippen molar-refractivity contribution in [1.82, 2.24) is 29.9 Å². The Morgan fingerprint density at radius 3 is 2.20 bits per heavy atom. The summed E-state index contributed by atoms with van der Waals surface area (Å²) in [5.74, 6) is -0.707. The SMILES string of the molecule is Nc1ncnc2c1ncn2[C@@H]1O[C@H](COP(=O)(O)NCCCOCCOCCOCCCNC(=O)c2cccc3c2C(=O)OC32c3ccc(O)cc3Oc3cc(O)ccc32)[C@@H](O)[C@H]1O. The quantitative estimate of drug-likeness (QED) is 0.0314. The van der Waals surface area contributed by atoms with Crippen molar-refractivity contribution in [3.8, 4) is 23.0 Å². The van der Waals surface area contributed by atoms with Gasteiger partial charge in [-0.1, -0.05) is 12.1 Å². The molecule has 8 rings (SSSR count). The van der Waals surface area contributed by atoms with E-state index in [4.69, 9.17) is 38.7 Å². The molecule has 340 valence electrons. The first kappa shape index (κ1) is 44.8. The molecule has 5 heterocycles. The highest BCUT2D eigenvalue weighted by Gasteiger charge is 2.55. The summed E-state index contributed by atoms with van der Waals surface area (Å²) in [6, 6.07) is 13.8.